The van der Waals surface area contributed by atoms with Gasteiger partial charge in [0.15, 0.2) is 11.5 Å². The Balaban J connectivity index is 1.71. The van der Waals surface area contributed by atoms with Gasteiger partial charge in [-0.15, -0.1) is 0 Å². The maximum absolute atomic E-state index is 6.51. The molecule has 0 bridgehead atoms. The van der Waals surface area contributed by atoms with E-state index in [1.165, 1.54) is 0 Å². The fourth-order valence-electron chi connectivity index (χ4n) is 3.69. The number of nitrogen functional groups attached to an aromatic ring is 2. The van der Waals surface area contributed by atoms with Crippen molar-refractivity contribution in [3.63, 3.8) is 0 Å². The lowest BCUT2D eigenvalue weighted by Crippen LogP contribution is -2.04. The number of aromatic nitrogens is 6. The molecule has 0 atom stereocenters. The summed E-state index contributed by atoms with van der Waals surface area (Å²) in [7, 11) is 0. The molecule has 10 heteroatoms. The molecule has 4 N–H and O–H groups in total. The van der Waals surface area contributed by atoms with Crippen LogP contribution >= 0.6 is 31.9 Å². The van der Waals surface area contributed by atoms with Gasteiger partial charge in [0.1, 0.15) is 11.6 Å². The van der Waals surface area contributed by atoms with E-state index >= 15 is 0 Å². The first-order valence-corrected chi connectivity index (χ1v) is 11.3. The number of rotatable bonds is 3. The van der Waals surface area contributed by atoms with Gasteiger partial charge in [-0.1, -0.05) is 31.9 Å². The minimum Gasteiger partial charge on any atom is -0.383 e. The van der Waals surface area contributed by atoms with Crippen LogP contribution in [0.1, 0.15) is 11.4 Å². The summed E-state index contributed by atoms with van der Waals surface area (Å²) in [4.78, 5) is 9.39. The highest BCUT2D eigenvalue weighted by Crippen LogP contribution is 2.33. The molecule has 0 saturated carbocycles. The first-order valence-electron chi connectivity index (χ1n) is 9.73. The highest BCUT2D eigenvalue weighted by atomic mass is 79.9. The third-order valence-electron chi connectivity index (χ3n) is 5.19. The van der Waals surface area contributed by atoms with E-state index in [1.54, 1.807) is 9.36 Å². The van der Waals surface area contributed by atoms with Crippen molar-refractivity contribution in [2.24, 2.45) is 0 Å². The molecule has 0 aliphatic heterocycles. The summed E-state index contributed by atoms with van der Waals surface area (Å²) < 4.78 is 5.40. The van der Waals surface area contributed by atoms with Gasteiger partial charge in [-0.2, -0.15) is 10.2 Å². The van der Waals surface area contributed by atoms with E-state index in [2.05, 4.69) is 47.0 Å². The number of anilines is 2. The fourth-order valence-corrected chi connectivity index (χ4v) is 4.22. The molecule has 0 unspecified atom stereocenters. The smallest absolute Gasteiger partial charge is 0.169 e. The van der Waals surface area contributed by atoms with Crippen LogP contribution in [-0.4, -0.2) is 29.5 Å². The van der Waals surface area contributed by atoms with E-state index in [0.717, 1.165) is 26.0 Å². The van der Waals surface area contributed by atoms with E-state index in [1.807, 2.05) is 62.4 Å². The molecule has 3 heterocycles. The number of hydrogen-bond acceptors (Lipinski definition) is 6. The van der Waals surface area contributed by atoms with Crippen molar-refractivity contribution >= 4 is 54.5 Å². The summed E-state index contributed by atoms with van der Waals surface area (Å²) in [5.74, 6) is 1.20. The van der Waals surface area contributed by atoms with Crippen molar-refractivity contribution in [2.45, 2.75) is 13.8 Å². The van der Waals surface area contributed by atoms with Crippen molar-refractivity contribution in [1.29, 1.82) is 0 Å². The lowest BCUT2D eigenvalue weighted by molar-refractivity contribution is 0.872. The van der Waals surface area contributed by atoms with E-state index in [9.17, 15) is 0 Å². The van der Waals surface area contributed by atoms with Gasteiger partial charge < -0.3 is 11.5 Å². The van der Waals surface area contributed by atoms with Crippen molar-refractivity contribution in [3.05, 3.63) is 68.9 Å². The maximum atomic E-state index is 6.51. The minimum absolute atomic E-state index is 0.348. The highest BCUT2D eigenvalue weighted by Gasteiger charge is 2.22. The number of aryl methyl sites for hydroxylation is 2. The van der Waals surface area contributed by atoms with Crippen LogP contribution < -0.4 is 11.5 Å². The van der Waals surface area contributed by atoms with Gasteiger partial charge in [-0.25, -0.2) is 19.3 Å². The quantitative estimate of drug-likeness (QED) is 0.326. The summed E-state index contributed by atoms with van der Waals surface area (Å²) in [5, 5.41) is 9.99. The second-order valence-corrected chi connectivity index (χ2v) is 9.17. The topological polar surface area (TPSA) is 113 Å². The van der Waals surface area contributed by atoms with Crippen LogP contribution in [0.4, 0.5) is 11.6 Å². The molecule has 8 nitrogen and oxygen atoms in total. The predicted molar refractivity (Wildman–Crippen MR) is 133 cm³/mol. The molecule has 3 aromatic heterocycles. The SMILES string of the molecule is Cc1nn(-c2ccc(Br)cc2)c(N)c1-c1nc(N)c2c(C)nn(-c3ccc(Br)cc3)c2n1. The van der Waals surface area contributed by atoms with Gasteiger partial charge in [0, 0.05) is 8.95 Å². The summed E-state index contributed by atoms with van der Waals surface area (Å²) in [5.41, 5.74) is 17.3. The Bertz CT molecular complexity index is 1470. The molecule has 0 aliphatic rings. The van der Waals surface area contributed by atoms with Crippen LogP contribution in [0.15, 0.2) is 57.5 Å². The normalized spacial score (nSPS) is 11.4. The van der Waals surface area contributed by atoms with Crippen LogP contribution in [0.2, 0.25) is 0 Å². The van der Waals surface area contributed by atoms with Gasteiger partial charge in [-0.3, -0.25) is 0 Å². The Hall–Kier alpha value is -3.24. The third-order valence-corrected chi connectivity index (χ3v) is 6.25. The van der Waals surface area contributed by atoms with Gasteiger partial charge in [-0.05, 0) is 62.4 Å². The molecule has 0 fully saturated rings. The molecule has 5 rings (SSSR count). The Morgan fingerprint density at radius 2 is 1.25 bits per heavy atom. The number of benzene rings is 2. The lowest BCUT2D eigenvalue weighted by Gasteiger charge is -2.07. The first-order chi connectivity index (χ1) is 15.3. The summed E-state index contributed by atoms with van der Waals surface area (Å²) >= 11 is 6.92. The number of fused-ring (bicyclic) bond motifs is 1. The summed E-state index contributed by atoms with van der Waals surface area (Å²) in [6, 6.07) is 15.6. The van der Waals surface area contributed by atoms with Crippen molar-refractivity contribution in [2.75, 3.05) is 11.5 Å². The second-order valence-electron chi connectivity index (χ2n) is 7.34. The van der Waals surface area contributed by atoms with E-state index in [-0.39, 0.29) is 0 Å². The monoisotopic (exact) mass is 552 g/mol. The Labute approximate surface area is 200 Å². The van der Waals surface area contributed by atoms with Crippen LogP contribution in [0, 0.1) is 13.8 Å². The van der Waals surface area contributed by atoms with Gasteiger partial charge in [0.05, 0.1) is 33.7 Å². The van der Waals surface area contributed by atoms with Crippen LogP contribution in [-0.2, 0) is 0 Å². The maximum Gasteiger partial charge on any atom is 0.169 e. The van der Waals surface area contributed by atoms with Gasteiger partial charge in [0.2, 0.25) is 0 Å². The zero-order chi connectivity index (χ0) is 22.6. The standard InChI is InChI=1S/C22H18Br2N8/c1-11-17-19(25)27-21(28-22(17)32(30-11)16-9-5-14(24)6-10-16)18-12(2)29-31(20(18)26)15-7-3-13(23)4-8-15/h3-10H,26H2,1-2H3,(H2,25,27,28). The van der Waals surface area contributed by atoms with Crippen molar-refractivity contribution < 1.29 is 0 Å². The highest BCUT2D eigenvalue weighted by molar-refractivity contribution is 9.10. The largest absolute Gasteiger partial charge is 0.383 e. The number of hydrogen-bond donors (Lipinski definition) is 2. The second kappa shape index (κ2) is 7.72. The number of halogens is 2. The molecule has 0 spiro atoms. The number of nitrogens with zero attached hydrogens (tertiary/aromatic N) is 6. The summed E-state index contributed by atoms with van der Waals surface area (Å²) in [6.07, 6.45) is 0. The Morgan fingerprint density at radius 1 is 0.719 bits per heavy atom. The van der Waals surface area contributed by atoms with E-state index in [0.29, 0.717) is 39.8 Å². The van der Waals surface area contributed by atoms with Crippen LogP contribution in [0.3, 0.4) is 0 Å². The average Bonchev–Trinajstić information content (AvgIpc) is 3.25. The summed E-state index contributed by atoms with van der Waals surface area (Å²) in [6.45, 7) is 3.77. The Kier molecular flexibility index (Phi) is 4.98. The van der Waals surface area contributed by atoms with Crippen molar-refractivity contribution in [3.8, 4) is 22.8 Å². The van der Waals surface area contributed by atoms with Gasteiger partial charge >= 0.3 is 0 Å². The predicted octanol–water partition coefficient (Wildman–Crippen LogP) is 4.97. The van der Waals surface area contributed by atoms with E-state index in [4.69, 9.17) is 16.5 Å². The first kappa shape index (κ1) is 20.7. The fraction of sp³-hybridized carbons (Fsp3) is 0.0909. The zero-order valence-corrected chi connectivity index (χ0v) is 20.4. The minimum atomic E-state index is 0.348. The average molecular weight is 554 g/mol. The molecular weight excluding hydrogens is 536 g/mol. The van der Waals surface area contributed by atoms with Crippen LogP contribution in [0.25, 0.3) is 33.8 Å². The molecule has 160 valence electrons. The zero-order valence-electron chi connectivity index (χ0n) is 17.2. The molecular formula is C22H18Br2N8. The third kappa shape index (κ3) is 3.35. The van der Waals surface area contributed by atoms with Gasteiger partial charge in [0.25, 0.3) is 0 Å². The molecule has 0 amide bonds. The molecule has 32 heavy (non-hydrogen) atoms. The number of nitrogens with two attached hydrogens (primary N) is 2. The lowest BCUT2D eigenvalue weighted by atomic mass is 10.2. The van der Waals surface area contributed by atoms with Crippen LogP contribution in [0.5, 0.6) is 0 Å². The molecule has 0 radical (unpaired) electrons. The molecule has 0 aliphatic carbocycles. The molecule has 0 saturated heterocycles. The molecule has 5 aromatic rings. The van der Waals surface area contributed by atoms with Crippen molar-refractivity contribution in [1.82, 2.24) is 29.5 Å². The Morgan fingerprint density at radius 3 is 1.84 bits per heavy atom. The van der Waals surface area contributed by atoms with E-state index < -0.39 is 0 Å². The molecule has 2 aromatic carbocycles.